The number of likely N-dealkylation sites (tertiary alicyclic amines) is 1. The second kappa shape index (κ2) is 6.88. The molecule has 0 aliphatic carbocycles. The largest absolute Gasteiger partial charge is 0.395 e. The van der Waals surface area contributed by atoms with Gasteiger partial charge >= 0.3 is 0 Å². The molecule has 0 radical (unpaired) electrons. The van der Waals surface area contributed by atoms with Gasteiger partial charge in [0.1, 0.15) is 0 Å². The third kappa shape index (κ3) is 3.72. The predicted molar refractivity (Wildman–Crippen MR) is 86.0 cm³/mol. The Morgan fingerprint density at radius 1 is 0.905 bits per heavy atom. The maximum absolute atomic E-state index is 9.66. The van der Waals surface area contributed by atoms with Gasteiger partial charge in [0, 0.05) is 19.1 Å². The number of benzene rings is 2. The summed E-state index contributed by atoms with van der Waals surface area (Å²) in [5.41, 5.74) is 2.73. The molecule has 110 valence electrons. The molecule has 21 heavy (non-hydrogen) atoms. The van der Waals surface area contributed by atoms with Crippen molar-refractivity contribution in [3.63, 3.8) is 0 Å². The number of aliphatic hydroxyl groups is 1. The summed E-state index contributed by atoms with van der Waals surface area (Å²) in [5, 5.41) is 9.66. The minimum atomic E-state index is 0.262. The van der Waals surface area contributed by atoms with E-state index in [4.69, 9.17) is 0 Å². The summed E-state index contributed by atoms with van der Waals surface area (Å²) in [6.45, 7) is 2.28. The van der Waals surface area contributed by atoms with E-state index in [9.17, 15) is 5.11 Å². The number of hydrogen-bond donors (Lipinski definition) is 1. The monoisotopic (exact) mass is 281 g/mol. The minimum absolute atomic E-state index is 0.262. The van der Waals surface area contributed by atoms with Gasteiger partial charge in [0.2, 0.25) is 0 Å². The first-order chi connectivity index (χ1) is 10.3. The summed E-state index contributed by atoms with van der Waals surface area (Å²) < 4.78 is 0. The topological polar surface area (TPSA) is 23.5 Å². The Bertz CT molecular complexity index is 540. The molecule has 2 aromatic rings. The van der Waals surface area contributed by atoms with E-state index < -0.39 is 0 Å². The van der Waals surface area contributed by atoms with Gasteiger partial charge in [-0.05, 0) is 29.9 Å². The van der Waals surface area contributed by atoms with Crippen molar-refractivity contribution in [1.29, 1.82) is 0 Å². The van der Waals surface area contributed by atoms with Gasteiger partial charge in [0.15, 0.2) is 0 Å². The second-order valence-corrected chi connectivity index (χ2v) is 6.04. The molecular formula is C19H23NO. The van der Waals surface area contributed by atoms with Crippen LogP contribution < -0.4 is 0 Å². The van der Waals surface area contributed by atoms with Crippen molar-refractivity contribution >= 4 is 0 Å². The lowest BCUT2D eigenvalue weighted by atomic mass is 9.97. The molecule has 0 unspecified atom stereocenters. The molecule has 1 fully saturated rings. The van der Waals surface area contributed by atoms with Crippen LogP contribution in [0.1, 0.15) is 17.5 Å². The standard InChI is InChI=1S/C19H23NO/c21-15-19-12-18(11-16-7-3-1-4-8-16)14-20(19)13-17-9-5-2-6-10-17/h1-10,18-19,21H,11-15H2/t18-,19+/m0/s1. The number of aliphatic hydroxyl groups excluding tert-OH is 1. The van der Waals surface area contributed by atoms with Crippen LogP contribution in [0, 0.1) is 5.92 Å². The normalized spacial score (nSPS) is 22.5. The van der Waals surface area contributed by atoms with Crippen LogP contribution in [-0.2, 0) is 13.0 Å². The van der Waals surface area contributed by atoms with Crippen LogP contribution in [0.2, 0.25) is 0 Å². The van der Waals surface area contributed by atoms with Crippen molar-refractivity contribution in [3.05, 3.63) is 71.8 Å². The van der Waals surface area contributed by atoms with E-state index >= 15 is 0 Å². The lowest BCUT2D eigenvalue weighted by molar-refractivity contribution is 0.153. The molecule has 0 bridgehead atoms. The van der Waals surface area contributed by atoms with E-state index in [2.05, 4.69) is 65.6 Å². The smallest absolute Gasteiger partial charge is 0.0587 e. The Morgan fingerprint density at radius 3 is 2.14 bits per heavy atom. The lowest BCUT2D eigenvalue weighted by Gasteiger charge is -2.22. The quantitative estimate of drug-likeness (QED) is 0.910. The van der Waals surface area contributed by atoms with Crippen LogP contribution in [-0.4, -0.2) is 29.2 Å². The minimum Gasteiger partial charge on any atom is -0.395 e. The molecule has 3 rings (SSSR count). The zero-order chi connectivity index (χ0) is 14.5. The van der Waals surface area contributed by atoms with Crippen LogP contribution in [0.15, 0.2) is 60.7 Å². The number of rotatable bonds is 5. The molecule has 1 aliphatic rings. The van der Waals surface area contributed by atoms with Crippen molar-refractivity contribution in [2.24, 2.45) is 5.92 Å². The van der Waals surface area contributed by atoms with E-state index in [-0.39, 0.29) is 6.61 Å². The molecule has 1 N–H and O–H groups in total. The zero-order valence-corrected chi connectivity index (χ0v) is 12.4. The highest BCUT2D eigenvalue weighted by atomic mass is 16.3. The fraction of sp³-hybridized carbons (Fsp3) is 0.368. The van der Waals surface area contributed by atoms with Gasteiger partial charge in [0.05, 0.1) is 6.61 Å². The molecule has 2 atom stereocenters. The van der Waals surface area contributed by atoms with E-state index in [1.54, 1.807) is 0 Å². The van der Waals surface area contributed by atoms with Crippen LogP contribution in [0.4, 0.5) is 0 Å². The Kier molecular flexibility index (Phi) is 4.69. The van der Waals surface area contributed by atoms with Gasteiger partial charge in [-0.15, -0.1) is 0 Å². The van der Waals surface area contributed by atoms with Crippen molar-refractivity contribution < 1.29 is 5.11 Å². The van der Waals surface area contributed by atoms with E-state index in [0.29, 0.717) is 12.0 Å². The Morgan fingerprint density at radius 2 is 1.52 bits per heavy atom. The fourth-order valence-corrected chi connectivity index (χ4v) is 3.39. The first-order valence-corrected chi connectivity index (χ1v) is 7.78. The Hall–Kier alpha value is -1.64. The van der Waals surface area contributed by atoms with Crippen LogP contribution in [0.25, 0.3) is 0 Å². The molecule has 2 heteroatoms. The highest BCUT2D eigenvalue weighted by Crippen LogP contribution is 2.27. The van der Waals surface area contributed by atoms with E-state index in [0.717, 1.165) is 25.9 Å². The summed E-state index contributed by atoms with van der Waals surface area (Å²) in [6, 6.07) is 21.5. The third-order valence-corrected chi connectivity index (χ3v) is 4.42. The molecule has 2 aromatic carbocycles. The van der Waals surface area contributed by atoms with Crippen molar-refractivity contribution in [1.82, 2.24) is 4.90 Å². The predicted octanol–water partition coefficient (Wildman–Crippen LogP) is 3.11. The van der Waals surface area contributed by atoms with Gasteiger partial charge in [-0.25, -0.2) is 0 Å². The summed E-state index contributed by atoms with van der Waals surface area (Å²) in [5.74, 6) is 0.647. The molecule has 1 aliphatic heterocycles. The lowest BCUT2D eigenvalue weighted by Crippen LogP contribution is -2.31. The van der Waals surface area contributed by atoms with Gasteiger partial charge in [-0.3, -0.25) is 4.90 Å². The maximum atomic E-state index is 9.66. The van der Waals surface area contributed by atoms with Crippen LogP contribution >= 0.6 is 0 Å². The fourth-order valence-electron chi connectivity index (χ4n) is 3.39. The first kappa shape index (κ1) is 14.3. The van der Waals surface area contributed by atoms with Crippen LogP contribution in [0.5, 0.6) is 0 Å². The summed E-state index contributed by atoms with van der Waals surface area (Å²) in [7, 11) is 0. The molecule has 0 aromatic heterocycles. The Balaban J connectivity index is 1.63. The highest BCUT2D eigenvalue weighted by molar-refractivity contribution is 5.17. The van der Waals surface area contributed by atoms with E-state index in [1.165, 1.54) is 11.1 Å². The molecule has 1 heterocycles. The summed E-state index contributed by atoms with van der Waals surface area (Å²) in [4.78, 5) is 2.43. The summed E-state index contributed by atoms with van der Waals surface area (Å²) >= 11 is 0. The van der Waals surface area contributed by atoms with Crippen molar-refractivity contribution in [3.8, 4) is 0 Å². The van der Waals surface area contributed by atoms with Gasteiger partial charge in [-0.2, -0.15) is 0 Å². The van der Waals surface area contributed by atoms with Crippen molar-refractivity contribution in [2.45, 2.75) is 25.4 Å². The van der Waals surface area contributed by atoms with Gasteiger partial charge in [-0.1, -0.05) is 60.7 Å². The Labute approximate surface area is 127 Å². The zero-order valence-electron chi connectivity index (χ0n) is 12.4. The molecule has 0 amide bonds. The first-order valence-electron chi connectivity index (χ1n) is 7.78. The van der Waals surface area contributed by atoms with Crippen molar-refractivity contribution in [2.75, 3.05) is 13.2 Å². The molecule has 2 nitrogen and oxygen atoms in total. The molecular weight excluding hydrogens is 258 g/mol. The third-order valence-electron chi connectivity index (χ3n) is 4.42. The van der Waals surface area contributed by atoms with Gasteiger partial charge in [0.25, 0.3) is 0 Å². The average Bonchev–Trinajstić information content (AvgIpc) is 2.91. The molecule has 0 spiro atoms. The average molecular weight is 281 g/mol. The number of hydrogen-bond acceptors (Lipinski definition) is 2. The molecule has 1 saturated heterocycles. The molecule has 0 saturated carbocycles. The van der Waals surface area contributed by atoms with Gasteiger partial charge < -0.3 is 5.11 Å². The SMILES string of the molecule is OC[C@H]1C[C@H](Cc2ccccc2)CN1Cc1ccccc1. The second-order valence-electron chi connectivity index (χ2n) is 6.04. The van der Waals surface area contributed by atoms with E-state index in [1.807, 2.05) is 0 Å². The van der Waals surface area contributed by atoms with Crippen LogP contribution in [0.3, 0.4) is 0 Å². The number of nitrogens with zero attached hydrogens (tertiary/aromatic N) is 1. The maximum Gasteiger partial charge on any atom is 0.0587 e. The summed E-state index contributed by atoms with van der Waals surface area (Å²) in [6.07, 6.45) is 2.21. The highest BCUT2D eigenvalue weighted by Gasteiger charge is 2.31.